The maximum Gasteiger partial charge on any atom is 0.196 e. The van der Waals surface area contributed by atoms with Gasteiger partial charge in [0.15, 0.2) is 11.7 Å². The molecule has 2 aliphatic heterocycles. The number of fused-ring (bicyclic) bond motifs is 2. The fourth-order valence-electron chi connectivity index (χ4n) is 4.09. The minimum Gasteiger partial charge on any atom is -0.495 e. The molecule has 182 valence electrons. The molecule has 1 saturated heterocycles. The Labute approximate surface area is 188 Å². The zero-order valence-electron chi connectivity index (χ0n) is 18.4. The summed E-state index contributed by atoms with van der Waals surface area (Å²) in [6.45, 7) is 2.37. The third-order valence-corrected chi connectivity index (χ3v) is 5.98. The van der Waals surface area contributed by atoms with Crippen LogP contribution in [0.2, 0.25) is 0 Å². The van der Waals surface area contributed by atoms with Crippen LogP contribution in [0.3, 0.4) is 0 Å². The van der Waals surface area contributed by atoms with Crippen LogP contribution in [0.5, 0.6) is 11.5 Å². The van der Waals surface area contributed by atoms with Gasteiger partial charge in [0, 0.05) is 24.1 Å². The summed E-state index contributed by atoms with van der Waals surface area (Å²) in [5, 5.41) is 49.7. The van der Waals surface area contributed by atoms with E-state index in [1.807, 2.05) is 0 Å². The first-order chi connectivity index (χ1) is 15.5. The Morgan fingerprint density at radius 3 is 2.52 bits per heavy atom. The normalized spacial score (nSPS) is 29.7. The third-order valence-electron chi connectivity index (χ3n) is 5.98. The summed E-state index contributed by atoms with van der Waals surface area (Å²) in [4.78, 5) is 12.9. The van der Waals surface area contributed by atoms with Gasteiger partial charge in [0.2, 0.25) is 0 Å². The van der Waals surface area contributed by atoms with Crippen molar-refractivity contribution in [1.82, 2.24) is 0 Å². The molecule has 5 N–H and O–H groups in total. The van der Waals surface area contributed by atoms with Crippen LogP contribution in [-0.4, -0.2) is 81.7 Å². The van der Waals surface area contributed by atoms with Crippen molar-refractivity contribution < 1.29 is 48.9 Å². The molecule has 2 aliphatic rings. The van der Waals surface area contributed by atoms with E-state index in [1.165, 1.54) is 13.2 Å². The van der Waals surface area contributed by atoms with Gasteiger partial charge in [-0.05, 0) is 13.8 Å². The van der Waals surface area contributed by atoms with Gasteiger partial charge in [-0.2, -0.15) is 0 Å². The lowest BCUT2D eigenvalue weighted by Gasteiger charge is -2.39. The molecule has 1 aromatic heterocycles. The molecule has 0 unspecified atom stereocenters. The molecule has 33 heavy (non-hydrogen) atoms. The summed E-state index contributed by atoms with van der Waals surface area (Å²) in [6.07, 6.45) is -7.33. The molecule has 0 spiro atoms. The Balaban J connectivity index is 1.61. The second kappa shape index (κ2) is 8.84. The molecule has 6 atom stereocenters. The van der Waals surface area contributed by atoms with E-state index in [0.29, 0.717) is 23.5 Å². The molecule has 0 aliphatic carbocycles. The van der Waals surface area contributed by atoms with E-state index < -0.39 is 54.4 Å². The highest BCUT2D eigenvalue weighted by atomic mass is 16.7. The van der Waals surface area contributed by atoms with Gasteiger partial charge in [-0.1, -0.05) is 0 Å². The highest BCUT2D eigenvalue weighted by Gasteiger charge is 2.44. The van der Waals surface area contributed by atoms with E-state index in [4.69, 9.17) is 23.4 Å². The van der Waals surface area contributed by atoms with Gasteiger partial charge < -0.3 is 48.9 Å². The number of methoxy groups -OCH3 is 1. The van der Waals surface area contributed by atoms with Crippen LogP contribution in [0.4, 0.5) is 0 Å². The lowest BCUT2D eigenvalue weighted by atomic mass is 9.96. The lowest BCUT2D eigenvalue weighted by Crippen LogP contribution is -2.59. The number of rotatable bonds is 6. The van der Waals surface area contributed by atoms with Crippen molar-refractivity contribution >= 4 is 11.0 Å². The van der Waals surface area contributed by atoms with E-state index in [1.54, 1.807) is 19.9 Å². The Morgan fingerprint density at radius 1 is 1.15 bits per heavy atom. The number of benzene rings is 1. The smallest absolute Gasteiger partial charge is 0.196 e. The zero-order valence-corrected chi connectivity index (χ0v) is 18.4. The van der Waals surface area contributed by atoms with Crippen LogP contribution < -0.4 is 14.9 Å². The van der Waals surface area contributed by atoms with Gasteiger partial charge in [-0.15, -0.1) is 0 Å². The zero-order chi connectivity index (χ0) is 24.1. The Hall–Kier alpha value is -2.25. The Morgan fingerprint density at radius 2 is 1.88 bits per heavy atom. The molecule has 4 rings (SSSR count). The van der Waals surface area contributed by atoms with Crippen LogP contribution in [0.25, 0.3) is 11.0 Å². The van der Waals surface area contributed by atoms with Gasteiger partial charge in [0.05, 0.1) is 19.3 Å². The molecule has 11 nitrogen and oxygen atoms in total. The Kier molecular flexibility index (Phi) is 6.40. The van der Waals surface area contributed by atoms with Crippen molar-refractivity contribution in [2.24, 2.45) is 0 Å². The van der Waals surface area contributed by atoms with Crippen LogP contribution in [0.15, 0.2) is 21.3 Å². The van der Waals surface area contributed by atoms with Crippen molar-refractivity contribution in [2.75, 3.05) is 13.7 Å². The molecule has 11 heteroatoms. The molecule has 2 aromatic rings. The monoisotopic (exact) mass is 468 g/mol. The predicted molar refractivity (Wildman–Crippen MR) is 112 cm³/mol. The third kappa shape index (κ3) is 4.33. The summed E-state index contributed by atoms with van der Waals surface area (Å²) in [5.74, 6) is 0.842. The van der Waals surface area contributed by atoms with E-state index >= 15 is 0 Å². The molecule has 0 bridgehead atoms. The number of hydrogen-bond acceptors (Lipinski definition) is 11. The van der Waals surface area contributed by atoms with Crippen LogP contribution in [-0.2, 0) is 22.5 Å². The average molecular weight is 468 g/mol. The van der Waals surface area contributed by atoms with Gasteiger partial charge in [-0.3, -0.25) is 4.79 Å². The van der Waals surface area contributed by atoms with Crippen LogP contribution in [0, 0.1) is 0 Å². The molecule has 0 saturated carbocycles. The highest BCUT2D eigenvalue weighted by Crippen LogP contribution is 2.43. The summed E-state index contributed by atoms with van der Waals surface area (Å²) in [5.41, 5.74) is -0.662. The lowest BCUT2D eigenvalue weighted by molar-refractivity contribution is -0.304. The van der Waals surface area contributed by atoms with E-state index in [-0.39, 0.29) is 23.3 Å². The molecule has 1 aromatic carbocycles. The SMILES string of the molecule is COc1c2c(cc3oc(CO[C@@H]4O[C@@H](CO)[C@@H](O)[C@@H](O)[C@H]4O)cc(=O)c13)O[C@@H](C(C)(C)O)C2. The van der Waals surface area contributed by atoms with E-state index in [0.717, 1.165) is 0 Å². The average Bonchev–Trinajstić information content (AvgIpc) is 3.20. The Bertz CT molecular complexity index is 1070. The molecule has 1 fully saturated rings. The van der Waals surface area contributed by atoms with Crippen LogP contribution in [0.1, 0.15) is 25.2 Å². The minimum absolute atomic E-state index is 0.100. The van der Waals surface area contributed by atoms with E-state index in [2.05, 4.69) is 0 Å². The van der Waals surface area contributed by atoms with Crippen LogP contribution >= 0.6 is 0 Å². The highest BCUT2D eigenvalue weighted by molar-refractivity contribution is 5.87. The molecule has 0 amide bonds. The maximum absolute atomic E-state index is 12.9. The number of hydrogen-bond donors (Lipinski definition) is 5. The van der Waals surface area contributed by atoms with Crippen molar-refractivity contribution in [3.63, 3.8) is 0 Å². The number of aliphatic hydroxyl groups excluding tert-OH is 4. The largest absolute Gasteiger partial charge is 0.495 e. The number of aliphatic hydroxyl groups is 5. The second-order valence-electron chi connectivity index (χ2n) is 8.81. The number of ether oxygens (including phenoxy) is 4. The predicted octanol–water partition coefficient (Wildman–Crippen LogP) is -0.808. The van der Waals surface area contributed by atoms with Gasteiger partial charge in [0.1, 0.15) is 65.4 Å². The molecular formula is C22H28O11. The summed E-state index contributed by atoms with van der Waals surface area (Å²) in [7, 11) is 1.43. The summed E-state index contributed by atoms with van der Waals surface area (Å²) < 4.78 is 27.9. The summed E-state index contributed by atoms with van der Waals surface area (Å²) >= 11 is 0. The van der Waals surface area contributed by atoms with Gasteiger partial charge >= 0.3 is 0 Å². The van der Waals surface area contributed by atoms with Crippen molar-refractivity contribution in [2.45, 2.75) is 69.3 Å². The first kappa shape index (κ1) is 23.9. The topological polar surface area (TPSA) is 168 Å². The molecule has 0 radical (unpaired) electrons. The second-order valence-corrected chi connectivity index (χ2v) is 8.81. The summed E-state index contributed by atoms with van der Waals surface area (Å²) in [6, 6.07) is 2.77. The molecule has 3 heterocycles. The fourth-order valence-corrected chi connectivity index (χ4v) is 4.09. The van der Waals surface area contributed by atoms with E-state index in [9.17, 15) is 30.3 Å². The van der Waals surface area contributed by atoms with Gasteiger partial charge in [-0.25, -0.2) is 0 Å². The first-order valence-electron chi connectivity index (χ1n) is 10.5. The minimum atomic E-state index is -1.59. The van der Waals surface area contributed by atoms with Crippen molar-refractivity contribution in [3.05, 3.63) is 33.7 Å². The molecular weight excluding hydrogens is 440 g/mol. The maximum atomic E-state index is 12.9. The fraction of sp³-hybridized carbons (Fsp3) is 0.591. The van der Waals surface area contributed by atoms with Crippen molar-refractivity contribution in [3.8, 4) is 11.5 Å². The van der Waals surface area contributed by atoms with Gasteiger partial charge in [0.25, 0.3) is 0 Å². The standard InChI is InChI=1S/C22H28O11/c1-22(2,28)15-5-10-12(32-15)6-13-16(20(10)29-3)11(24)4-9(31-13)8-30-21-19(27)18(26)17(25)14(7-23)33-21/h4,6,14-15,17-19,21,23,25-28H,5,7-8H2,1-3H3/t14-,15+,17+,18+,19+,21+/m0/s1. The quantitative estimate of drug-likeness (QED) is 0.360. The van der Waals surface area contributed by atoms with Crippen molar-refractivity contribution in [1.29, 1.82) is 0 Å². The first-order valence-corrected chi connectivity index (χ1v) is 10.5.